The summed E-state index contributed by atoms with van der Waals surface area (Å²) in [5, 5.41) is 8.30. The summed E-state index contributed by atoms with van der Waals surface area (Å²) < 4.78 is 27.1. The maximum atomic E-state index is 11.6. The van der Waals surface area contributed by atoms with Gasteiger partial charge in [-0.1, -0.05) is 0 Å². The third kappa shape index (κ3) is 2.12. The predicted octanol–water partition coefficient (Wildman–Crippen LogP) is 0.950. The molecule has 0 spiro atoms. The van der Waals surface area contributed by atoms with Crippen molar-refractivity contribution in [1.29, 1.82) is 5.26 Å². The highest BCUT2D eigenvalue weighted by molar-refractivity contribution is 5.19. The summed E-state index contributed by atoms with van der Waals surface area (Å²) in [5.74, 6) is -0.357. The minimum absolute atomic E-state index is 0.0619. The van der Waals surface area contributed by atoms with E-state index >= 15 is 0 Å². The zero-order valence-corrected chi connectivity index (χ0v) is 5.74. The first kappa shape index (κ1) is 8.33. The van der Waals surface area contributed by atoms with E-state index in [0.717, 1.165) is 12.4 Å². The lowest BCUT2D eigenvalue weighted by Gasteiger charge is -2.00. The Labute approximate surface area is 66.4 Å². The van der Waals surface area contributed by atoms with Crippen molar-refractivity contribution in [3.63, 3.8) is 0 Å². The molecule has 0 radical (unpaired) electrons. The first-order chi connectivity index (χ1) is 5.72. The Bertz CT molecular complexity index is 310. The molecule has 0 saturated heterocycles. The Morgan fingerprint density at radius 2 is 2.25 bits per heavy atom. The van der Waals surface area contributed by atoms with Crippen LogP contribution < -0.4 is 4.74 Å². The van der Waals surface area contributed by atoms with Gasteiger partial charge in [-0.15, -0.1) is 0 Å². The summed E-state index contributed by atoms with van der Waals surface area (Å²) in [6.45, 7) is -2.95. The Morgan fingerprint density at radius 3 is 2.83 bits per heavy atom. The summed E-state index contributed by atoms with van der Waals surface area (Å²) in [4.78, 5) is 6.87. The molecule has 6 heteroatoms. The van der Waals surface area contributed by atoms with Crippen molar-refractivity contribution >= 4 is 0 Å². The molecule has 0 saturated carbocycles. The summed E-state index contributed by atoms with van der Waals surface area (Å²) in [7, 11) is 0. The van der Waals surface area contributed by atoms with Gasteiger partial charge >= 0.3 is 6.61 Å². The van der Waals surface area contributed by atoms with E-state index in [-0.39, 0.29) is 11.6 Å². The summed E-state index contributed by atoms with van der Waals surface area (Å²) in [6, 6.07) is 1.64. The second-order valence-electron chi connectivity index (χ2n) is 1.73. The molecule has 12 heavy (non-hydrogen) atoms. The van der Waals surface area contributed by atoms with Crippen molar-refractivity contribution in [2.75, 3.05) is 0 Å². The second-order valence-corrected chi connectivity index (χ2v) is 1.73. The van der Waals surface area contributed by atoms with E-state index in [1.54, 1.807) is 6.07 Å². The van der Waals surface area contributed by atoms with Gasteiger partial charge in [0.1, 0.15) is 6.07 Å². The van der Waals surface area contributed by atoms with Crippen molar-refractivity contribution in [3.05, 3.63) is 18.1 Å². The van der Waals surface area contributed by atoms with E-state index in [9.17, 15) is 8.78 Å². The molecular weight excluding hydrogens is 168 g/mol. The van der Waals surface area contributed by atoms with E-state index < -0.39 is 6.61 Å². The molecule has 1 rings (SSSR count). The van der Waals surface area contributed by atoms with Crippen LogP contribution in [0.25, 0.3) is 0 Å². The highest BCUT2D eigenvalue weighted by Gasteiger charge is 2.05. The van der Waals surface area contributed by atoms with E-state index in [0.29, 0.717) is 0 Å². The zero-order chi connectivity index (χ0) is 8.97. The minimum atomic E-state index is -2.95. The molecule has 1 aromatic rings. The predicted molar refractivity (Wildman–Crippen MR) is 33.4 cm³/mol. The molecule has 0 amide bonds. The third-order valence-corrected chi connectivity index (χ3v) is 0.937. The number of hydrogen-bond donors (Lipinski definition) is 0. The number of nitrogens with zero attached hydrogens (tertiary/aromatic N) is 3. The fourth-order valence-electron chi connectivity index (χ4n) is 0.550. The molecule has 0 atom stereocenters. The van der Waals surface area contributed by atoms with Crippen LogP contribution in [0.2, 0.25) is 0 Å². The van der Waals surface area contributed by atoms with E-state index in [2.05, 4.69) is 14.7 Å². The number of alkyl halides is 2. The fraction of sp³-hybridized carbons (Fsp3) is 0.167. The monoisotopic (exact) mass is 171 g/mol. The fourth-order valence-corrected chi connectivity index (χ4v) is 0.550. The van der Waals surface area contributed by atoms with E-state index in [1.165, 1.54) is 0 Å². The standard InChI is InChI=1S/C6H3F2N3O/c7-6(8)12-5-3-10-2-4(1-9)11-5/h2-3,6H. The molecule has 1 aromatic heterocycles. The SMILES string of the molecule is N#Cc1cncc(OC(F)F)n1. The average molecular weight is 171 g/mol. The van der Waals surface area contributed by atoms with Crippen LogP contribution in [0.1, 0.15) is 5.69 Å². The Morgan fingerprint density at radius 1 is 1.50 bits per heavy atom. The van der Waals surface area contributed by atoms with Crippen LogP contribution in [0.3, 0.4) is 0 Å². The maximum Gasteiger partial charge on any atom is 0.388 e. The lowest BCUT2D eigenvalue weighted by atomic mass is 10.5. The topological polar surface area (TPSA) is 58.8 Å². The van der Waals surface area contributed by atoms with Gasteiger partial charge in [-0.3, -0.25) is 4.98 Å². The first-order valence-electron chi connectivity index (χ1n) is 2.89. The highest BCUT2D eigenvalue weighted by atomic mass is 19.3. The van der Waals surface area contributed by atoms with Crippen molar-refractivity contribution < 1.29 is 13.5 Å². The molecular formula is C6H3F2N3O. The number of halogens is 2. The molecule has 0 unspecified atom stereocenters. The molecule has 0 aliphatic heterocycles. The normalized spacial score (nSPS) is 9.50. The molecule has 0 aliphatic carbocycles. The lowest BCUT2D eigenvalue weighted by Crippen LogP contribution is -2.04. The number of ether oxygens (including phenoxy) is 1. The van der Waals surface area contributed by atoms with Crippen LogP contribution in [0.5, 0.6) is 5.88 Å². The minimum Gasteiger partial charge on any atom is -0.415 e. The van der Waals surface area contributed by atoms with Gasteiger partial charge in [0.05, 0.1) is 12.4 Å². The van der Waals surface area contributed by atoms with Gasteiger partial charge in [-0.25, -0.2) is 0 Å². The van der Waals surface area contributed by atoms with Crippen LogP contribution in [0, 0.1) is 11.3 Å². The van der Waals surface area contributed by atoms with Gasteiger partial charge in [-0.05, 0) is 0 Å². The number of rotatable bonds is 2. The number of hydrogen-bond acceptors (Lipinski definition) is 4. The van der Waals surface area contributed by atoms with E-state index in [1.807, 2.05) is 0 Å². The van der Waals surface area contributed by atoms with Crippen LogP contribution in [-0.2, 0) is 0 Å². The van der Waals surface area contributed by atoms with Crippen molar-refractivity contribution in [2.45, 2.75) is 6.61 Å². The lowest BCUT2D eigenvalue weighted by molar-refractivity contribution is -0.0531. The van der Waals surface area contributed by atoms with Gasteiger partial charge < -0.3 is 4.74 Å². The largest absolute Gasteiger partial charge is 0.415 e. The van der Waals surface area contributed by atoms with E-state index in [4.69, 9.17) is 5.26 Å². The Hall–Kier alpha value is -1.77. The van der Waals surface area contributed by atoms with Crippen LogP contribution in [-0.4, -0.2) is 16.6 Å². The van der Waals surface area contributed by atoms with Crippen LogP contribution in [0.4, 0.5) is 8.78 Å². The summed E-state index contributed by atoms with van der Waals surface area (Å²) >= 11 is 0. The van der Waals surface area contributed by atoms with Crippen molar-refractivity contribution in [3.8, 4) is 11.9 Å². The molecule has 0 bridgehead atoms. The molecule has 0 aliphatic rings. The van der Waals surface area contributed by atoms with Crippen molar-refractivity contribution in [1.82, 2.24) is 9.97 Å². The molecule has 1 heterocycles. The highest BCUT2D eigenvalue weighted by Crippen LogP contribution is 2.07. The van der Waals surface area contributed by atoms with Crippen LogP contribution >= 0.6 is 0 Å². The molecule has 0 aromatic carbocycles. The molecule has 0 N–H and O–H groups in total. The maximum absolute atomic E-state index is 11.6. The number of nitriles is 1. The zero-order valence-electron chi connectivity index (χ0n) is 5.74. The van der Waals surface area contributed by atoms with Crippen molar-refractivity contribution in [2.24, 2.45) is 0 Å². The second kappa shape index (κ2) is 3.57. The molecule has 4 nitrogen and oxygen atoms in total. The Kier molecular flexibility index (Phi) is 2.48. The van der Waals surface area contributed by atoms with Gasteiger partial charge in [0.15, 0.2) is 5.69 Å². The first-order valence-corrected chi connectivity index (χ1v) is 2.89. The third-order valence-electron chi connectivity index (χ3n) is 0.937. The Balaban J connectivity index is 2.81. The smallest absolute Gasteiger partial charge is 0.388 e. The summed E-state index contributed by atoms with van der Waals surface area (Å²) in [5.41, 5.74) is -0.0619. The van der Waals surface area contributed by atoms with Gasteiger partial charge in [0, 0.05) is 0 Å². The van der Waals surface area contributed by atoms with Gasteiger partial charge in [0.2, 0.25) is 5.88 Å². The molecule has 62 valence electrons. The quantitative estimate of drug-likeness (QED) is 0.664. The van der Waals surface area contributed by atoms with Gasteiger partial charge in [0.25, 0.3) is 0 Å². The van der Waals surface area contributed by atoms with Crippen LogP contribution in [0.15, 0.2) is 12.4 Å². The summed E-state index contributed by atoms with van der Waals surface area (Å²) in [6.07, 6.45) is 2.16. The number of aromatic nitrogens is 2. The van der Waals surface area contributed by atoms with Gasteiger partial charge in [-0.2, -0.15) is 19.0 Å². The molecule has 0 fully saturated rings. The average Bonchev–Trinajstić information content (AvgIpc) is 2.03.